The molecule has 0 aliphatic heterocycles. The summed E-state index contributed by atoms with van der Waals surface area (Å²) in [4.78, 5) is 0.108. The maximum absolute atomic E-state index is 12.1. The van der Waals surface area contributed by atoms with Gasteiger partial charge in [-0.05, 0) is 42.0 Å². The van der Waals surface area contributed by atoms with Gasteiger partial charge in [0, 0.05) is 11.6 Å². The van der Waals surface area contributed by atoms with Crippen molar-refractivity contribution in [1.29, 1.82) is 0 Å². The van der Waals surface area contributed by atoms with Gasteiger partial charge in [-0.25, -0.2) is 13.1 Å². The quantitative estimate of drug-likeness (QED) is 0.845. The minimum Gasteiger partial charge on any atom is -0.497 e. The van der Waals surface area contributed by atoms with Crippen LogP contribution in [0, 0.1) is 0 Å². The fraction of sp³-hybridized carbons (Fsp3) is 0.200. The van der Waals surface area contributed by atoms with Crippen molar-refractivity contribution in [2.75, 3.05) is 13.7 Å². The van der Waals surface area contributed by atoms with Crippen molar-refractivity contribution in [2.45, 2.75) is 11.0 Å². The SMILES string of the molecule is COc1ccc(S(=O)(=O)NCC(O)c2ccc(Cl)cc2)cc1. The highest BCUT2D eigenvalue weighted by molar-refractivity contribution is 7.89. The molecule has 0 heterocycles. The molecule has 118 valence electrons. The molecule has 2 N–H and O–H groups in total. The monoisotopic (exact) mass is 341 g/mol. The number of rotatable bonds is 6. The Labute approximate surface area is 134 Å². The molecule has 2 aromatic carbocycles. The smallest absolute Gasteiger partial charge is 0.240 e. The van der Waals surface area contributed by atoms with Gasteiger partial charge >= 0.3 is 0 Å². The summed E-state index contributed by atoms with van der Waals surface area (Å²) in [5.41, 5.74) is 0.585. The molecular weight excluding hydrogens is 326 g/mol. The predicted octanol–water partition coefficient (Wildman–Crippen LogP) is 2.36. The standard InChI is InChI=1S/C15H16ClNO4S/c1-21-13-6-8-14(9-7-13)22(19,20)17-10-15(18)11-2-4-12(16)5-3-11/h2-9,15,17-18H,10H2,1H3. The van der Waals surface area contributed by atoms with Crippen molar-refractivity contribution < 1.29 is 18.3 Å². The van der Waals surface area contributed by atoms with Crippen LogP contribution in [0.15, 0.2) is 53.4 Å². The van der Waals surface area contributed by atoms with Gasteiger partial charge in [-0.3, -0.25) is 0 Å². The summed E-state index contributed by atoms with van der Waals surface area (Å²) in [6.45, 7) is -0.129. The minimum absolute atomic E-state index is 0.108. The number of benzene rings is 2. The predicted molar refractivity (Wildman–Crippen MR) is 84.6 cm³/mol. The number of nitrogens with one attached hydrogen (secondary N) is 1. The van der Waals surface area contributed by atoms with Crippen LogP contribution in [0.1, 0.15) is 11.7 Å². The number of methoxy groups -OCH3 is 1. The topological polar surface area (TPSA) is 75.6 Å². The van der Waals surface area contributed by atoms with Crippen LogP contribution in [-0.2, 0) is 10.0 Å². The van der Waals surface area contributed by atoms with Crippen molar-refractivity contribution in [3.63, 3.8) is 0 Å². The van der Waals surface area contributed by atoms with E-state index in [-0.39, 0.29) is 11.4 Å². The van der Waals surface area contributed by atoms with E-state index in [4.69, 9.17) is 16.3 Å². The first kappa shape index (κ1) is 16.8. The molecular formula is C15H16ClNO4S. The molecule has 5 nitrogen and oxygen atoms in total. The van der Waals surface area contributed by atoms with Gasteiger partial charge in [0.1, 0.15) is 5.75 Å². The fourth-order valence-electron chi connectivity index (χ4n) is 1.83. The van der Waals surface area contributed by atoms with Crippen LogP contribution in [0.25, 0.3) is 0 Å². The lowest BCUT2D eigenvalue weighted by atomic mass is 10.1. The first-order valence-electron chi connectivity index (χ1n) is 6.49. The van der Waals surface area contributed by atoms with Crippen LogP contribution in [0.5, 0.6) is 5.75 Å². The summed E-state index contributed by atoms with van der Waals surface area (Å²) < 4.78 is 31.6. The summed E-state index contributed by atoms with van der Waals surface area (Å²) in [6.07, 6.45) is -0.953. The molecule has 0 spiro atoms. The lowest BCUT2D eigenvalue weighted by molar-refractivity contribution is 0.182. The van der Waals surface area contributed by atoms with Gasteiger partial charge in [-0.2, -0.15) is 0 Å². The Balaban J connectivity index is 2.03. The molecule has 0 bridgehead atoms. The van der Waals surface area contributed by atoms with Gasteiger partial charge in [-0.1, -0.05) is 23.7 Å². The number of hydrogen-bond acceptors (Lipinski definition) is 4. The zero-order valence-electron chi connectivity index (χ0n) is 11.9. The molecule has 0 radical (unpaired) electrons. The van der Waals surface area contributed by atoms with Crippen molar-refractivity contribution in [1.82, 2.24) is 4.72 Å². The van der Waals surface area contributed by atoms with Gasteiger partial charge in [-0.15, -0.1) is 0 Å². The van der Waals surface area contributed by atoms with E-state index in [1.54, 1.807) is 36.4 Å². The molecule has 0 saturated carbocycles. The molecule has 0 aromatic heterocycles. The highest BCUT2D eigenvalue weighted by atomic mass is 35.5. The Kier molecular flexibility index (Phi) is 5.42. The molecule has 2 aromatic rings. The van der Waals surface area contributed by atoms with Crippen LogP contribution in [0.3, 0.4) is 0 Å². The van der Waals surface area contributed by atoms with Gasteiger partial charge in [0.05, 0.1) is 18.1 Å². The Morgan fingerprint density at radius 3 is 2.27 bits per heavy atom. The molecule has 1 unspecified atom stereocenters. The average molecular weight is 342 g/mol. The van der Waals surface area contributed by atoms with Crippen LogP contribution >= 0.6 is 11.6 Å². The lowest BCUT2D eigenvalue weighted by Crippen LogP contribution is -2.28. The van der Waals surface area contributed by atoms with E-state index in [0.29, 0.717) is 16.3 Å². The summed E-state index contributed by atoms with van der Waals surface area (Å²) in [7, 11) is -2.18. The van der Waals surface area contributed by atoms with Crippen molar-refractivity contribution in [3.8, 4) is 5.75 Å². The Hall–Kier alpha value is -1.60. The largest absolute Gasteiger partial charge is 0.497 e. The fourth-order valence-corrected chi connectivity index (χ4v) is 2.99. The highest BCUT2D eigenvalue weighted by Crippen LogP contribution is 2.18. The molecule has 0 fully saturated rings. The minimum atomic E-state index is -3.69. The second-order valence-corrected chi connectivity index (χ2v) is 6.80. The number of halogens is 1. The van der Waals surface area contributed by atoms with Gasteiger partial charge in [0.2, 0.25) is 10.0 Å². The zero-order chi connectivity index (χ0) is 16.2. The molecule has 0 saturated heterocycles. The number of aliphatic hydroxyl groups excluding tert-OH is 1. The van der Waals surface area contributed by atoms with E-state index in [1.807, 2.05) is 0 Å². The third-order valence-corrected chi connectivity index (χ3v) is 4.78. The van der Waals surface area contributed by atoms with Crippen LogP contribution in [0.2, 0.25) is 5.02 Å². The average Bonchev–Trinajstić information content (AvgIpc) is 2.53. The maximum Gasteiger partial charge on any atom is 0.240 e. The number of aliphatic hydroxyl groups is 1. The Morgan fingerprint density at radius 2 is 1.73 bits per heavy atom. The molecule has 0 amide bonds. The summed E-state index contributed by atoms with van der Waals surface area (Å²) in [6, 6.07) is 12.6. The molecule has 1 atom stereocenters. The molecule has 0 aliphatic rings. The van der Waals surface area contributed by atoms with Crippen molar-refractivity contribution in [3.05, 3.63) is 59.1 Å². The molecule has 7 heteroatoms. The normalized spacial score (nSPS) is 12.9. The second kappa shape index (κ2) is 7.11. The number of hydrogen-bond donors (Lipinski definition) is 2. The molecule has 22 heavy (non-hydrogen) atoms. The molecule has 0 aliphatic carbocycles. The van der Waals surface area contributed by atoms with E-state index in [2.05, 4.69) is 4.72 Å². The molecule has 2 rings (SSSR count). The summed E-state index contributed by atoms with van der Waals surface area (Å²) in [5.74, 6) is 0.570. The van der Waals surface area contributed by atoms with E-state index in [9.17, 15) is 13.5 Å². The zero-order valence-corrected chi connectivity index (χ0v) is 13.4. The van der Waals surface area contributed by atoms with E-state index < -0.39 is 16.1 Å². The first-order valence-corrected chi connectivity index (χ1v) is 8.36. The maximum atomic E-state index is 12.1. The van der Waals surface area contributed by atoms with Crippen LogP contribution in [0.4, 0.5) is 0 Å². The number of sulfonamides is 1. The van der Waals surface area contributed by atoms with E-state index in [0.717, 1.165) is 0 Å². The number of ether oxygens (including phenoxy) is 1. The van der Waals surface area contributed by atoms with Gasteiger partial charge in [0.15, 0.2) is 0 Å². The Morgan fingerprint density at radius 1 is 1.14 bits per heavy atom. The van der Waals surface area contributed by atoms with E-state index in [1.165, 1.54) is 19.2 Å². The second-order valence-electron chi connectivity index (χ2n) is 4.59. The summed E-state index contributed by atoms with van der Waals surface area (Å²) in [5, 5.41) is 10.6. The lowest BCUT2D eigenvalue weighted by Gasteiger charge is -2.13. The third-order valence-electron chi connectivity index (χ3n) is 3.09. The van der Waals surface area contributed by atoms with E-state index >= 15 is 0 Å². The Bertz CT molecular complexity index is 714. The van der Waals surface area contributed by atoms with Gasteiger partial charge < -0.3 is 9.84 Å². The van der Waals surface area contributed by atoms with Crippen molar-refractivity contribution >= 4 is 21.6 Å². The highest BCUT2D eigenvalue weighted by Gasteiger charge is 2.16. The first-order chi connectivity index (χ1) is 10.4. The summed E-state index contributed by atoms with van der Waals surface area (Å²) >= 11 is 5.77. The van der Waals surface area contributed by atoms with Crippen LogP contribution in [-0.4, -0.2) is 27.2 Å². The third kappa shape index (κ3) is 4.20. The van der Waals surface area contributed by atoms with Gasteiger partial charge in [0.25, 0.3) is 0 Å². The van der Waals surface area contributed by atoms with Crippen molar-refractivity contribution in [2.24, 2.45) is 0 Å². The van der Waals surface area contributed by atoms with Crippen LogP contribution < -0.4 is 9.46 Å².